The molecule has 0 bridgehead atoms. The molecule has 0 atom stereocenters. The number of nitrogens with zero attached hydrogens (tertiary/aromatic N) is 1. The van der Waals surface area contributed by atoms with Gasteiger partial charge in [-0.3, -0.25) is 0 Å². The van der Waals surface area contributed by atoms with Gasteiger partial charge in [-0.1, -0.05) is 6.92 Å². The zero-order valence-electron chi connectivity index (χ0n) is 10.1. The van der Waals surface area contributed by atoms with E-state index in [2.05, 4.69) is 35.1 Å². The van der Waals surface area contributed by atoms with E-state index in [1.165, 1.54) is 12.1 Å². The number of aromatic nitrogens is 1. The van der Waals surface area contributed by atoms with Crippen molar-refractivity contribution in [2.24, 2.45) is 0 Å². The summed E-state index contributed by atoms with van der Waals surface area (Å²) < 4.78 is 2.29. The summed E-state index contributed by atoms with van der Waals surface area (Å²) in [5.74, 6) is 0. The monoisotopic (exact) mass is 222 g/mol. The predicted molar refractivity (Wildman–Crippen MR) is 65.2 cm³/mol. The second-order valence-corrected chi connectivity index (χ2v) is 4.84. The molecule has 1 aromatic rings. The van der Waals surface area contributed by atoms with Crippen LogP contribution in [0.3, 0.4) is 0 Å². The van der Waals surface area contributed by atoms with Crippen molar-refractivity contribution in [1.29, 1.82) is 0 Å². The molecule has 3 nitrogen and oxygen atoms in total. The van der Waals surface area contributed by atoms with Crippen molar-refractivity contribution < 1.29 is 5.11 Å². The third-order valence-corrected chi connectivity index (χ3v) is 3.65. The van der Waals surface area contributed by atoms with Crippen molar-refractivity contribution in [3.8, 4) is 0 Å². The Morgan fingerprint density at radius 3 is 2.88 bits per heavy atom. The first-order valence-electron chi connectivity index (χ1n) is 6.29. The molecule has 0 aliphatic heterocycles. The molecule has 0 amide bonds. The van der Waals surface area contributed by atoms with E-state index in [0.717, 1.165) is 32.4 Å². The lowest BCUT2D eigenvalue weighted by Crippen LogP contribution is -2.53. The van der Waals surface area contributed by atoms with Crippen LogP contribution in [0, 0.1) is 0 Å². The third kappa shape index (κ3) is 2.30. The molecular weight excluding hydrogens is 200 g/mol. The van der Waals surface area contributed by atoms with Crippen LogP contribution in [0.25, 0.3) is 0 Å². The first-order valence-corrected chi connectivity index (χ1v) is 6.29. The largest absolute Gasteiger partial charge is 0.394 e. The minimum Gasteiger partial charge on any atom is -0.394 e. The third-order valence-electron chi connectivity index (χ3n) is 3.65. The van der Waals surface area contributed by atoms with Crippen molar-refractivity contribution >= 4 is 0 Å². The lowest BCUT2D eigenvalue weighted by atomic mass is 9.77. The van der Waals surface area contributed by atoms with Gasteiger partial charge in [-0.05, 0) is 37.8 Å². The number of aliphatic hydroxyl groups excluding tert-OH is 1. The second kappa shape index (κ2) is 5.02. The van der Waals surface area contributed by atoms with E-state index in [1.807, 2.05) is 0 Å². The number of hydrogen-bond donors (Lipinski definition) is 2. The number of rotatable bonds is 6. The van der Waals surface area contributed by atoms with Crippen LogP contribution in [0.1, 0.15) is 38.3 Å². The SMILES string of the molecule is CCCn1cccc1CNC1(CO)CCC1. The Morgan fingerprint density at radius 1 is 1.50 bits per heavy atom. The van der Waals surface area contributed by atoms with Gasteiger partial charge < -0.3 is 15.0 Å². The standard InChI is InChI=1S/C13H22N2O/c1-2-8-15-9-3-5-12(15)10-14-13(11-16)6-4-7-13/h3,5,9,14,16H,2,4,6-8,10-11H2,1H3. The first kappa shape index (κ1) is 11.7. The Kier molecular flexibility index (Phi) is 3.66. The van der Waals surface area contributed by atoms with Crippen LogP contribution in [-0.4, -0.2) is 21.8 Å². The zero-order chi connectivity index (χ0) is 11.4. The molecule has 90 valence electrons. The molecule has 1 heterocycles. The predicted octanol–water partition coefficient (Wildman–Crippen LogP) is 1.90. The summed E-state index contributed by atoms with van der Waals surface area (Å²) in [5, 5.41) is 12.9. The Morgan fingerprint density at radius 2 is 2.31 bits per heavy atom. The van der Waals surface area contributed by atoms with Gasteiger partial charge in [0.25, 0.3) is 0 Å². The Balaban J connectivity index is 1.91. The summed E-state index contributed by atoms with van der Waals surface area (Å²) in [7, 11) is 0. The highest BCUT2D eigenvalue weighted by molar-refractivity contribution is 5.08. The molecule has 2 N–H and O–H groups in total. The number of aryl methyl sites for hydroxylation is 1. The van der Waals surface area contributed by atoms with Gasteiger partial charge in [0.15, 0.2) is 0 Å². The highest BCUT2D eigenvalue weighted by Crippen LogP contribution is 2.31. The maximum atomic E-state index is 9.37. The molecular formula is C13H22N2O. The van der Waals surface area contributed by atoms with Crippen LogP contribution in [0.2, 0.25) is 0 Å². The quantitative estimate of drug-likeness (QED) is 0.771. The number of hydrogen-bond acceptors (Lipinski definition) is 2. The minimum atomic E-state index is 0.0152. The summed E-state index contributed by atoms with van der Waals surface area (Å²) in [4.78, 5) is 0. The summed E-state index contributed by atoms with van der Waals surface area (Å²) in [5.41, 5.74) is 1.34. The molecule has 0 radical (unpaired) electrons. The van der Waals surface area contributed by atoms with Gasteiger partial charge in [-0.15, -0.1) is 0 Å². The van der Waals surface area contributed by atoms with E-state index in [9.17, 15) is 5.11 Å². The van der Waals surface area contributed by atoms with E-state index in [0.29, 0.717) is 0 Å². The smallest absolute Gasteiger partial charge is 0.0613 e. The highest BCUT2D eigenvalue weighted by atomic mass is 16.3. The van der Waals surface area contributed by atoms with Crippen LogP contribution in [0.5, 0.6) is 0 Å². The summed E-state index contributed by atoms with van der Waals surface area (Å²) in [6, 6.07) is 4.26. The first-order chi connectivity index (χ1) is 7.79. The maximum absolute atomic E-state index is 9.37. The average molecular weight is 222 g/mol. The van der Waals surface area contributed by atoms with E-state index in [-0.39, 0.29) is 12.1 Å². The normalized spacial score (nSPS) is 18.4. The number of nitrogens with one attached hydrogen (secondary N) is 1. The summed E-state index contributed by atoms with van der Waals surface area (Å²) in [6.45, 7) is 4.41. The van der Waals surface area contributed by atoms with E-state index in [4.69, 9.17) is 0 Å². The molecule has 1 aromatic heterocycles. The molecule has 0 saturated heterocycles. The average Bonchev–Trinajstić information content (AvgIpc) is 2.66. The van der Waals surface area contributed by atoms with Crippen molar-refractivity contribution in [2.45, 2.75) is 51.2 Å². The number of aliphatic hydroxyl groups is 1. The van der Waals surface area contributed by atoms with Gasteiger partial charge in [0.05, 0.1) is 6.61 Å². The van der Waals surface area contributed by atoms with Gasteiger partial charge in [-0.2, -0.15) is 0 Å². The molecule has 3 heteroatoms. The summed E-state index contributed by atoms with van der Waals surface area (Å²) >= 11 is 0. The van der Waals surface area contributed by atoms with E-state index >= 15 is 0 Å². The topological polar surface area (TPSA) is 37.2 Å². The van der Waals surface area contributed by atoms with Gasteiger partial charge in [0, 0.05) is 30.5 Å². The molecule has 1 aliphatic carbocycles. The molecule has 1 saturated carbocycles. The van der Waals surface area contributed by atoms with Crippen molar-refractivity contribution in [3.63, 3.8) is 0 Å². The summed E-state index contributed by atoms with van der Waals surface area (Å²) in [6.07, 6.45) is 6.75. The Bertz CT molecular complexity index is 323. The fraction of sp³-hybridized carbons (Fsp3) is 0.692. The Labute approximate surface area is 97.5 Å². The lowest BCUT2D eigenvalue weighted by molar-refractivity contribution is 0.0865. The van der Waals surface area contributed by atoms with Gasteiger partial charge in [0.2, 0.25) is 0 Å². The maximum Gasteiger partial charge on any atom is 0.0613 e. The fourth-order valence-electron chi connectivity index (χ4n) is 2.34. The second-order valence-electron chi connectivity index (χ2n) is 4.84. The van der Waals surface area contributed by atoms with Crippen LogP contribution >= 0.6 is 0 Å². The van der Waals surface area contributed by atoms with Crippen molar-refractivity contribution in [2.75, 3.05) is 6.61 Å². The van der Waals surface area contributed by atoms with Crippen LogP contribution < -0.4 is 5.32 Å². The van der Waals surface area contributed by atoms with Crippen molar-refractivity contribution in [1.82, 2.24) is 9.88 Å². The van der Waals surface area contributed by atoms with Gasteiger partial charge in [0.1, 0.15) is 0 Å². The van der Waals surface area contributed by atoms with Crippen LogP contribution in [0.15, 0.2) is 18.3 Å². The van der Waals surface area contributed by atoms with Crippen LogP contribution in [0.4, 0.5) is 0 Å². The fourth-order valence-corrected chi connectivity index (χ4v) is 2.34. The molecule has 0 unspecified atom stereocenters. The zero-order valence-corrected chi connectivity index (χ0v) is 10.1. The van der Waals surface area contributed by atoms with Gasteiger partial charge in [-0.25, -0.2) is 0 Å². The molecule has 1 aliphatic rings. The molecule has 0 spiro atoms. The molecule has 0 aromatic carbocycles. The Hall–Kier alpha value is -0.800. The van der Waals surface area contributed by atoms with E-state index in [1.54, 1.807) is 0 Å². The van der Waals surface area contributed by atoms with Crippen LogP contribution in [-0.2, 0) is 13.1 Å². The lowest BCUT2D eigenvalue weighted by Gasteiger charge is -2.41. The van der Waals surface area contributed by atoms with E-state index < -0.39 is 0 Å². The minimum absolute atomic E-state index is 0.0152. The molecule has 16 heavy (non-hydrogen) atoms. The van der Waals surface area contributed by atoms with Crippen molar-refractivity contribution in [3.05, 3.63) is 24.0 Å². The highest BCUT2D eigenvalue weighted by Gasteiger charge is 2.35. The van der Waals surface area contributed by atoms with Gasteiger partial charge >= 0.3 is 0 Å². The molecule has 1 fully saturated rings. The molecule has 2 rings (SSSR count).